The number of carbonyl (C=O) groups excluding carboxylic acids is 1. The fourth-order valence-corrected chi connectivity index (χ4v) is 3.29. The molecule has 2 bridgehead atoms. The molecule has 0 heterocycles. The lowest BCUT2D eigenvalue weighted by Gasteiger charge is -2.23. The molecule has 1 amide bonds. The van der Waals surface area contributed by atoms with Crippen LogP contribution in [-0.2, 0) is 9.59 Å². The van der Waals surface area contributed by atoms with E-state index < -0.39 is 29.5 Å². The lowest BCUT2D eigenvalue weighted by Crippen LogP contribution is -2.36. The predicted molar refractivity (Wildman–Crippen MR) is 70.4 cm³/mol. The van der Waals surface area contributed by atoms with Crippen molar-refractivity contribution < 1.29 is 19.1 Å². The first-order chi connectivity index (χ1) is 9.58. The number of fused-ring (bicyclic) bond motifs is 2. The molecule has 2 unspecified atom stereocenters. The topological polar surface area (TPSA) is 66.4 Å². The summed E-state index contributed by atoms with van der Waals surface area (Å²) in [6, 6.07) is 5.87. The van der Waals surface area contributed by atoms with Gasteiger partial charge in [-0.1, -0.05) is 24.3 Å². The molecule has 0 spiro atoms. The number of anilines is 1. The Morgan fingerprint density at radius 3 is 2.45 bits per heavy atom. The maximum absolute atomic E-state index is 13.5. The highest BCUT2D eigenvalue weighted by Crippen LogP contribution is 2.48. The Morgan fingerprint density at radius 1 is 1.15 bits per heavy atom. The number of allylic oxidation sites excluding steroid dienone is 2. The number of nitrogens with one attached hydrogen (secondary N) is 1. The third-order valence-electron chi connectivity index (χ3n) is 4.18. The first-order valence-electron chi connectivity index (χ1n) is 6.54. The van der Waals surface area contributed by atoms with Gasteiger partial charge in [-0.05, 0) is 30.4 Å². The van der Waals surface area contributed by atoms with Gasteiger partial charge in [-0.2, -0.15) is 0 Å². The quantitative estimate of drug-likeness (QED) is 0.832. The van der Waals surface area contributed by atoms with Crippen LogP contribution >= 0.6 is 0 Å². The molecule has 1 saturated carbocycles. The molecular formula is C15H14FNO3. The van der Waals surface area contributed by atoms with E-state index >= 15 is 0 Å². The Labute approximate surface area is 115 Å². The molecule has 20 heavy (non-hydrogen) atoms. The summed E-state index contributed by atoms with van der Waals surface area (Å²) < 4.78 is 13.5. The zero-order valence-electron chi connectivity index (χ0n) is 10.6. The van der Waals surface area contributed by atoms with Crippen LogP contribution in [0.15, 0.2) is 36.4 Å². The molecule has 0 saturated heterocycles. The minimum atomic E-state index is -0.962. The minimum Gasteiger partial charge on any atom is -0.481 e. The van der Waals surface area contributed by atoms with Crippen LogP contribution in [0.3, 0.4) is 0 Å². The maximum atomic E-state index is 13.5. The van der Waals surface area contributed by atoms with Crippen LogP contribution in [0.25, 0.3) is 0 Å². The van der Waals surface area contributed by atoms with Crippen molar-refractivity contribution in [2.24, 2.45) is 23.7 Å². The van der Waals surface area contributed by atoms with Gasteiger partial charge in [-0.3, -0.25) is 9.59 Å². The highest BCUT2D eigenvalue weighted by atomic mass is 19.1. The molecule has 2 N–H and O–H groups in total. The van der Waals surface area contributed by atoms with E-state index in [2.05, 4.69) is 5.32 Å². The third-order valence-corrected chi connectivity index (χ3v) is 4.18. The van der Waals surface area contributed by atoms with Crippen LogP contribution in [0.2, 0.25) is 0 Å². The number of carbonyl (C=O) groups is 2. The van der Waals surface area contributed by atoms with Gasteiger partial charge in [-0.15, -0.1) is 0 Å². The van der Waals surface area contributed by atoms with Crippen molar-refractivity contribution in [1.82, 2.24) is 0 Å². The van der Waals surface area contributed by atoms with E-state index in [1.54, 1.807) is 6.07 Å². The van der Waals surface area contributed by atoms with Crippen molar-refractivity contribution in [2.45, 2.75) is 6.42 Å². The number of para-hydroxylation sites is 1. The molecule has 5 heteroatoms. The van der Waals surface area contributed by atoms with Crippen LogP contribution in [0.5, 0.6) is 0 Å². The van der Waals surface area contributed by atoms with Crippen LogP contribution in [0.4, 0.5) is 10.1 Å². The number of hydrogen-bond donors (Lipinski definition) is 2. The number of carboxylic acid groups (broad SMARTS) is 1. The summed E-state index contributed by atoms with van der Waals surface area (Å²) in [5, 5.41) is 11.8. The van der Waals surface area contributed by atoms with Crippen molar-refractivity contribution in [3.05, 3.63) is 42.2 Å². The van der Waals surface area contributed by atoms with Crippen LogP contribution in [0.1, 0.15) is 6.42 Å². The summed E-state index contributed by atoms with van der Waals surface area (Å²) in [5.41, 5.74) is 0.0911. The van der Waals surface area contributed by atoms with E-state index in [9.17, 15) is 19.1 Å². The van der Waals surface area contributed by atoms with E-state index in [1.807, 2.05) is 12.2 Å². The van der Waals surface area contributed by atoms with Gasteiger partial charge in [0, 0.05) is 0 Å². The first kappa shape index (κ1) is 12.8. The fraction of sp³-hybridized carbons (Fsp3) is 0.333. The van der Waals surface area contributed by atoms with Gasteiger partial charge in [-0.25, -0.2) is 4.39 Å². The second kappa shape index (κ2) is 4.74. The van der Waals surface area contributed by atoms with Gasteiger partial charge in [0.1, 0.15) is 5.82 Å². The zero-order chi connectivity index (χ0) is 14.3. The average Bonchev–Trinajstić information content (AvgIpc) is 3.01. The smallest absolute Gasteiger partial charge is 0.307 e. The zero-order valence-corrected chi connectivity index (χ0v) is 10.6. The number of rotatable bonds is 3. The number of aliphatic carboxylic acids is 1. The van der Waals surface area contributed by atoms with Gasteiger partial charge in [0.2, 0.25) is 5.91 Å². The number of amides is 1. The number of hydrogen-bond acceptors (Lipinski definition) is 2. The highest BCUT2D eigenvalue weighted by molar-refractivity contribution is 5.96. The molecule has 1 aromatic carbocycles. The number of carboxylic acids is 1. The third kappa shape index (κ3) is 1.99. The molecule has 104 valence electrons. The Hall–Kier alpha value is -2.17. The van der Waals surface area contributed by atoms with E-state index in [0.29, 0.717) is 6.42 Å². The van der Waals surface area contributed by atoms with Crippen molar-refractivity contribution in [1.29, 1.82) is 0 Å². The summed E-state index contributed by atoms with van der Waals surface area (Å²) >= 11 is 0. The second-order valence-electron chi connectivity index (χ2n) is 5.31. The summed E-state index contributed by atoms with van der Waals surface area (Å²) in [5.74, 6) is -3.39. The van der Waals surface area contributed by atoms with E-state index in [-0.39, 0.29) is 17.5 Å². The van der Waals surface area contributed by atoms with Crippen molar-refractivity contribution in [3.8, 4) is 0 Å². The predicted octanol–water partition coefficient (Wildman–Crippen LogP) is 2.29. The summed E-state index contributed by atoms with van der Waals surface area (Å²) in [4.78, 5) is 23.6. The summed E-state index contributed by atoms with van der Waals surface area (Å²) in [6.07, 6.45) is 4.46. The molecule has 2 aliphatic rings. The van der Waals surface area contributed by atoms with Crippen LogP contribution < -0.4 is 5.32 Å². The number of benzene rings is 1. The molecule has 2 aliphatic carbocycles. The largest absolute Gasteiger partial charge is 0.481 e. The normalized spacial score (nSPS) is 30.4. The van der Waals surface area contributed by atoms with E-state index in [0.717, 1.165) is 0 Å². The molecular weight excluding hydrogens is 261 g/mol. The standard InChI is InChI=1S/C15H14FNO3/c16-10-3-1-2-4-11(10)17-14(18)12-8-5-6-9(7-8)13(12)15(19)20/h1-6,8-9,12-13H,7H2,(H,17,18)(H,19,20)/t8?,9?,12-,13+/m1/s1. The second-order valence-corrected chi connectivity index (χ2v) is 5.31. The molecule has 1 aromatic rings. The monoisotopic (exact) mass is 275 g/mol. The molecule has 4 nitrogen and oxygen atoms in total. The maximum Gasteiger partial charge on any atom is 0.307 e. The van der Waals surface area contributed by atoms with Crippen LogP contribution in [0, 0.1) is 29.5 Å². The van der Waals surface area contributed by atoms with Gasteiger partial charge in [0.05, 0.1) is 17.5 Å². The fourth-order valence-electron chi connectivity index (χ4n) is 3.29. The summed E-state index contributed by atoms with van der Waals surface area (Å²) in [6.45, 7) is 0. The lowest BCUT2D eigenvalue weighted by atomic mass is 9.82. The SMILES string of the molecule is O=C(Nc1ccccc1F)[C@@H]1C2C=CC(C2)[C@@H]1C(=O)O. The Bertz CT molecular complexity index is 599. The van der Waals surface area contributed by atoms with Gasteiger partial charge in [0.15, 0.2) is 0 Å². The lowest BCUT2D eigenvalue weighted by molar-refractivity contribution is -0.146. The molecule has 0 radical (unpaired) electrons. The Morgan fingerprint density at radius 2 is 1.80 bits per heavy atom. The molecule has 0 aliphatic heterocycles. The Kier molecular flexibility index (Phi) is 3.04. The van der Waals surface area contributed by atoms with Crippen molar-refractivity contribution >= 4 is 17.6 Å². The average molecular weight is 275 g/mol. The molecule has 0 aromatic heterocycles. The van der Waals surface area contributed by atoms with Gasteiger partial charge >= 0.3 is 5.97 Å². The van der Waals surface area contributed by atoms with Gasteiger partial charge < -0.3 is 10.4 Å². The molecule has 3 rings (SSSR count). The highest BCUT2D eigenvalue weighted by Gasteiger charge is 2.51. The number of halogens is 1. The van der Waals surface area contributed by atoms with Gasteiger partial charge in [0.25, 0.3) is 0 Å². The molecule has 4 atom stereocenters. The van der Waals surface area contributed by atoms with E-state index in [1.165, 1.54) is 18.2 Å². The van der Waals surface area contributed by atoms with Crippen molar-refractivity contribution in [2.75, 3.05) is 5.32 Å². The van der Waals surface area contributed by atoms with Crippen molar-refractivity contribution in [3.63, 3.8) is 0 Å². The minimum absolute atomic E-state index is 0.0622. The summed E-state index contributed by atoms with van der Waals surface area (Å²) in [7, 11) is 0. The van der Waals surface area contributed by atoms with E-state index in [4.69, 9.17) is 0 Å². The molecule has 1 fully saturated rings. The first-order valence-corrected chi connectivity index (χ1v) is 6.54. The Balaban J connectivity index is 1.82. The van der Waals surface area contributed by atoms with Crippen LogP contribution in [-0.4, -0.2) is 17.0 Å².